The summed E-state index contributed by atoms with van der Waals surface area (Å²) in [5.74, 6) is 0.275. The van der Waals surface area contributed by atoms with Crippen molar-refractivity contribution in [1.29, 1.82) is 0 Å². The Morgan fingerprint density at radius 2 is 1.92 bits per heavy atom. The Kier molecular flexibility index (Phi) is 6.52. The summed E-state index contributed by atoms with van der Waals surface area (Å²) in [6.45, 7) is 8.54. The fourth-order valence-electron chi connectivity index (χ4n) is 2.27. The molecule has 0 saturated heterocycles. The second-order valence-electron chi connectivity index (χ2n) is 5.65. The Hall–Kier alpha value is -1.72. The van der Waals surface area contributed by atoms with E-state index in [1.165, 1.54) is 15.4 Å². The molecule has 24 heavy (non-hydrogen) atoms. The molecule has 0 aliphatic carbocycles. The molecule has 2 aromatic rings. The number of rotatable bonds is 6. The van der Waals surface area contributed by atoms with Gasteiger partial charge in [-0.25, -0.2) is 4.98 Å². The van der Waals surface area contributed by atoms with Gasteiger partial charge >= 0.3 is 0 Å². The first kappa shape index (κ1) is 18.6. The molecule has 1 heterocycles. The summed E-state index contributed by atoms with van der Waals surface area (Å²) >= 11 is 3.41. The maximum absolute atomic E-state index is 9.55. The number of hydrogen-bond donors (Lipinski definition) is 2. The van der Waals surface area contributed by atoms with Crippen molar-refractivity contribution < 1.29 is 5.11 Å². The fraction of sp³-hybridized carbons (Fsp3) is 0.316. The van der Waals surface area contributed by atoms with Crippen molar-refractivity contribution in [3.8, 4) is 16.2 Å². The molecule has 2 rings (SSSR count). The molecule has 0 saturated carbocycles. The molecule has 0 atom stereocenters. The van der Waals surface area contributed by atoms with Gasteiger partial charge in [0.25, 0.3) is 0 Å². The van der Waals surface area contributed by atoms with Crippen molar-refractivity contribution in [3.05, 3.63) is 46.5 Å². The predicted octanol–water partition coefficient (Wildman–Crippen LogP) is 6.36. The van der Waals surface area contributed by atoms with Crippen LogP contribution in [0.25, 0.3) is 15.3 Å². The number of aromatic nitrogens is 1. The van der Waals surface area contributed by atoms with Crippen molar-refractivity contribution >= 4 is 33.1 Å². The lowest BCUT2D eigenvalue weighted by atomic mass is 10.1. The van der Waals surface area contributed by atoms with Crippen LogP contribution in [0.4, 0.5) is 5.13 Å². The van der Waals surface area contributed by atoms with E-state index in [0.29, 0.717) is 0 Å². The average molecular weight is 361 g/mol. The van der Waals surface area contributed by atoms with E-state index in [-0.39, 0.29) is 5.75 Å². The number of thiazole rings is 1. The first-order valence-corrected chi connectivity index (χ1v) is 9.60. The summed E-state index contributed by atoms with van der Waals surface area (Å²) in [5.41, 5.74) is 3.32. The first-order valence-electron chi connectivity index (χ1n) is 7.96. The lowest BCUT2D eigenvalue weighted by Gasteiger charge is -2.10. The van der Waals surface area contributed by atoms with Gasteiger partial charge in [-0.3, -0.25) is 0 Å². The molecule has 0 unspecified atom stereocenters. The highest BCUT2D eigenvalue weighted by molar-refractivity contribution is 8.11. The molecule has 0 radical (unpaired) electrons. The fourth-order valence-corrected chi connectivity index (χ4v) is 4.28. The van der Waals surface area contributed by atoms with E-state index in [2.05, 4.69) is 39.1 Å². The van der Waals surface area contributed by atoms with E-state index in [1.54, 1.807) is 35.2 Å². The zero-order valence-corrected chi connectivity index (χ0v) is 16.4. The molecular formula is C19H24N2OS2. The number of anilines is 1. The predicted molar refractivity (Wildman–Crippen MR) is 109 cm³/mol. The van der Waals surface area contributed by atoms with E-state index < -0.39 is 0 Å². The quantitative estimate of drug-likeness (QED) is 0.629. The minimum absolute atomic E-state index is 0.275. The highest BCUT2D eigenvalue weighted by atomic mass is 32.2. The number of nitrogens with one attached hydrogen (secondary N) is 1. The lowest BCUT2D eigenvalue weighted by molar-refractivity contribution is 0.475. The Bertz CT molecular complexity index is 754. The molecule has 3 nitrogen and oxygen atoms in total. The summed E-state index contributed by atoms with van der Waals surface area (Å²) in [6.07, 6.45) is 3.26. The number of thioether (sulfide) groups is 1. The third-order valence-corrected chi connectivity index (χ3v) is 5.81. The standard InChI is InChI=1S/C19H24N2OS2/c1-6-7-13(4)23-17(12(2)3)16-18(24-19(20-5)21-16)14-8-10-15(22)11-9-14/h7-11,22H,6H2,1-5H3,(H,20,21)/b13-7+. The molecule has 128 valence electrons. The van der Waals surface area contributed by atoms with Crippen LogP contribution in [0.15, 0.2) is 40.8 Å². The Balaban J connectivity index is 2.55. The zero-order chi connectivity index (χ0) is 17.7. The van der Waals surface area contributed by atoms with Crippen LogP contribution < -0.4 is 5.32 Å². The van der Waals surface area contributed by atoms with Crippen LogP contribution in [0.1, 0.15) is 39.8 Å². The van der Waals surface area contributed by atoms with Gasteiger partial charge in [-0.2, -0.15) is 0 Å². The molecule has 0 spiro atoms. The first-order chi connectivity index (χ1) is 11.5. The largest absolute Gasteiger partial charge is 0.508 e. The smallest absolute Gasteiger partial charge is 0.183 e. The highest BCUT2D eigenvalue weighted by Crippen LogP contribution is 2.44. The van der Waals surface area contributed by atoms with Gasteiger partial charge in [-0.15, -0.1) is 0 Å². The monoisotopic (exact) mass is 360 g/mol. The molecule has 5 heteroatoms. The van der Waals surface area contributed by atoms with Gasteiger partial charge < -0.3 is 10.4 Å². The van der Waals surface area contributed by atoms with Crippen molar-refractivity contribution in [1.82, 2.24) is 4.98 Å². The third kappa shape index (κ3) is 4.42. The molecule has 2 N–H and O–H groups in total. The van der Waals surface area contributed by atoms with Gasteiger partial charge in [-0.1, -0.05) is 41.7 Å². The van der Waals surface area contributed by atoms with Gasteiger partial charge in [0, 0.05) is 12.0 Å². The third-order valence-electron chi connectivity index (χ3n) is 3.39. The van der Waals surface area contributed by atoms with Crippen LogP contribution in [0.5, 0.6) is 5.75 Å². The molecular weight excluding hydrogens is 336 g/mol. The van der Waals surface area contributed by atoms with E-state index in [1.807, 2.05) is 19.2 Å². The second-order valence-corrected chi connectivity index (χ2v) is 7.90. The van der Waals surface area contributed by atoms with Crippen molar-refractivity contribution in [2.75, 3.05) is 12.4 Å². The van der Waals surface area contributed by atoms with Crippen molar-refractivity contribution in [3.63, 3.8) is 0 Å². The molecule has 1 aromatic carbocycles. The zero-order valence-electron chi connectivity index (χ0n) is 14.8. The van der Waals surface area contributed by atoms with Crippen LogP contribution in [0, 0.1) is 0 Å². The van der Waals surface area contributed by atoms with Crippen LogP contribution in [-0.4, -0.2) is 17.1 Å². The van der Waals surface area contributed by atoms with E-state index in [4.69, 9.17) is 4.98 Å². The van der Waals surface area contributed by atoms with Gasteiger partial charge in [0.1, 0.15) is 5.75 Å². The number of benzene rings is 1. The van der Waals surface area contributed by atoms with Gasteiger partial charge in [0.05, 0.1) is 10.6 Å². The minimum Gasteiger partial charge on any atom is -0.508 e. The molecule has 0 bridgehead atoms. The van der Waals surface area contributed by atoms with Crippen LogP contribution >= 0.6 is 23.1 Å². The lowest BCUT2D eigenvalue weighted by Crippen LogP contribution is -1.90. The second kappa shape index (κ2) is 8.40. The summed E-state index contributed by atoms with van der Waals surface area (Å²) in [4.78, 5) is 8.39. The van der Waals surface area contributed by atoms with Crippen LogP contribution in [0.2, 0.25) is 0 Å². The van der Waals surface area contributed by atoms with E-state index >= 15 is 0 Å². The van der Waals surface area contributed by atoms with Gasteiger partial charge in [0.15, 0.2) is 5.13 Å². The van der Waals surface area contributed by atoms with Gasteiger partial charge in [-0.05, 0) is 61.9 Å². The SMILES string of the molecule is CC/C=C(\C)SC(=C(C)C)c1nc(NC)sc1-c1ccc(O)cc1. The highest BCUT2D eigenvalue weighted by Gasteiger charge is 2.18. The number of phenolic OH excluding ortho intramolecular Hbond substituents is 1. The van der Waals surface area contributed by atoms with Gasteiger partial charge in [0.2, 0.25) is 0 Å². The molecule has 0 aliphatic heterocycles. The molecule has 0 aliphatic rings. The average Bonchev–Trinajstić information content (AvgIpc) is 2.97. The van der Waals surface area contributed by atoms with E-state index in [0.717, 1.165) is 27.7 Å². The van der Waals surface area contributed by atoms with Crippen LogP contribution in [-0.2, 0) is 0 Å². The minimum atomic E-state index is 0.275. The van der Waals surface area contributed by atoms with E-state index in [9.17, 15) is 5.11 Å². The normalized spacial score (nSPS) is 11.5. The Morgan fingerprint density at radius 1 is 1.25 bits per heavy atom. The number of phenols is 1. The summed E-state index contributed by atoms with van der Waals surface area (Å²) in [7, 11) is 1.89. The van der Waals surface area contributed by atoms with Crippen molar-refractivity contribution in [2.24, 2.45) is 0 Å². The number of hydrogen-bond acceptors (Lipinski definition) is 5. The summed E-state index contributed by atoms with van der Waals surface area (Å²) in [6, 6.07) is 7.31. The Labute approximate surface area is 152 Å². The van der Waals surface area contributed by atoms with Crippen LogP contribution in [0.3, 0.4) is 0 Å². The number of allylic oxidation sites excluding steroid dienone is 3. The van der Waals surface area contributed by atoms with Crippen molar-refractivity contribution in [2.45, 2.75) is 34.1 Å². The molecule has 0 amide bonds. The summed E-state index contributed by atoms with van der Waals surface area (Å²) < 4.78 is 0. The Morgan fingerprint density at radius 3 is 2.46 bits per heavy atom. The molecule has 0 fully saturated rings. The summed E-state index contributed by atoms with van der Waals surface area (Å²) in [5, 5.41) is 13.6. The maximum atomic E-state index is 9.55. The number of nitrogens with zero attached hydrogens (tertiary/aromatic N) is 1. The molecule has 1 aromatic heterocycles. The number of aromatic hydroxyl groups is 1. The maximum Gasteiger partial charge on any atom is 0.183 e. The topological polar surface area (TPSA) is 45.2 Å².